The van der Waals surface area contributed by atoms with E-state index in [4.69, 9.17) is 27.9 Å². The lowest BCUT2D eigenvalue weighted by Gasteiger charge is -2.10. The summed E-state index contributed by atoms with van der Waals surface area (Å²) in [4.78, 5) is 12.1. The van der Waals surface area contributed by atoms with Crippen LogP contribution in [0.2, 0.25) is 10.0 Å². The highest BCUT2D eigenvalue weighted by atomic mass is 35.5. The molecule has 0 aliphatic heterocycles. The Kier molecular flexibility index (Phi) is 5.14. The zero-order valence-electron chi connectivity index (χ0n) is 13.0. The Morgan fingerprint density at radius 2 is 2.00 bits per heavy atom. The van der Waals surface area contributed by atoms with Crippen molar-refractivity contribution in [1.29, 1.82) is 0 Å². The van der Waals surface area contributed by atoms with Gasteiger partial charge in [0.2, 0.25) is 0 Å². The first-order valence-electron chi connectivity index (χ1n) is 7.00. The Morgan fingerprint density at radius 1 is 1.32 bits per heavy atom. The van der Waals surface area contributed by atoms with E-state index in [1.54, 1.807) is 22.9 Å². The first-order chi connectivity index (χ1) is 10.3. The van der Waals surface area contributed by atoms with E-state index in [9.17, 15) is 4.79 Å². The van der Waals surface area contributed by atoms with E-state index in [1.165, 1.54) is 0 Å². The first kappa shape index (κ1) is 16.8. The van der Waals surface area contributed by atoms with E-state index in [1.807, 2.05) is 27.7 Å². The molecule has 1 aromatic heterocycles. The number of aromatic nitrogens is 2. The fraction of sp³-hybridized carbons (Fsp3) is 0.375. The van der Waals surface area contributed by atoms with Crippen LogP contribution < -0.4 is 0 Å². The molecule has 1 aromatic carbocycles. The zero-order chi connectivity index (χ0) is 16.4. The average molecular weight is 341 g/mol. The smallest absolute Gasteiger partial charge is 0.339 e. The second-order valence-corrected chi connectivity index (χ2v) is 6.34. The quantitative estimate of drug-likeness (QED) is 0.763. The third kappa shape index (κ3) is 3.45. The predicted molar refractivity (Wildman–Crippen MR) is 88.2 cm³/mol. The van der Waals surface area contributed by atoms with Gasteiger partial charge in [-0.1, -0.05) is 37.0 Å². The van der Waals surface area contributed by atoms with E-state index in [-0.39, 0.29) is 5.92 Å². The highest BCUT2D eigenvalue weighted by molar-refractivity contribution is 6.33. The summed E-state index contributed by atoms with van der Waals surface area (Å²) in [5.41, 5.74) is 2.58. The van der Waals surface area contributed by atoms with Crippen molar-refractivity contribution < 1.29 is 9.53 Å². The van der Waals surface area contributed by atoms with Crippen LogP contribution in [0.25, 0.3) is 5.69 Å². The van der Waals surface area contributed by atoms with Crippen LogP contribution in [-0.2, 0) is 4.74 Å². The average Bonchev–Trinajstić information content (AvgIpc) is 2.73. The fourth-order valence-corrected chi connectivity index (χ4v) is 2.31. The maximum atomic E-state index is 12.1. The summed E-state index contributed by atoms with van der Waals surface area (Å²) in [6, 6.07) is 5.12. The normalized spacial score (nSPS) is 11.0. The summed E-state index contributed by atoms with van der Waals surface area (Å²) in [5.74, 6) is -0.172. The highest BCUT2D eigenvalue weighted by Gasteiger charge is 2.16. The third-order valence-corrected chi connectivity index (χ3v) is 4.04. The van der Waals surface area contributed by atoms with Crippen molar-refractivity contribution in [2.45, 2.75) is 27.7 Å². The summed E-state index contributed by atoms with van der Waals surface area (Å²) in [6.45, 7) is 8.00. The van der Waals surface area contributed by atoms with Gasteiger partial charge in [-0.3, -0.25) is 0 Å². The number of ether oxygens (including phenoxy) is 1. The molecular formula is C16H18Cl2N2O2. The molecule has 0 bridgehead atoms. The molecule has 2 rings (SSSR count). The molecule has 22 heavy (non-hydrogen) atoms. The van der Waals surface area contributed by atoms with E-state index in [0.29, 0.717) is 27.9 Å². The molecule has 2 aromatic rings. The largest absolute Gasteiger partial charge is 0.462 e. The molecule has 0 amide bonds. The lowest BCUT2D eigenvalue weighted by Crippen LogP contribution is -2.11. The lowest BCUT2D eigenvalue weighted by atomic mass is 10.2. The van der Waals surface area contributed by atoms with Crippen molar-refractivity contribution >= 4 is 29.2 Å². The van der Waals surface area contributed by atoms with Gasteiger partial charge in [0.05, 0.1) is 39.3 Å². The van der Waals surface area contributed by atoms with Gasteiger partial charge in [0, 0.05) is 0 Å². The number of halogens is 2. The number of hydrogen-bond acceptors (Lipinski definition) is 3. The van der Waals surface area contributed by atoms with Crippen molar-refractivity contribution in [2.75, 3.05) is 6.61 Å². The summed E-state index contributed by atoms with van der Waals surface area (Å²) in [7, 11) is 0. The van der Waals surface area contributed by atoms with Crippen LogP contribution in [0, 0.1) is 19.8 Å². The van der Waals surface area contributed by atoms with Gasteiger partial charge in [-0.2, -0.15) is 5.10 Å². The molecule has 0 aliphatic carbocycles. The number of nitrogens with zero attached hydrogens (tertiary/aromatic N) is 2. The third-order valence-electron chi connectivity index (χ3n) is 3.17. The fourth-order valence-electron chi connectivity index (χ4n) is 2.00. The molecule has 6 heteroatoms. The van der Waals surface area contributed by atoms with Crippen LogP contribution in [0.5, 0.6) is 0 Å². The summed E-state index contributed by atoms with van der Waals surface area (Å²) >= 11 is 12.3. The maximum absolute atomic E-state index is 12.1. The molecule has 0 radical (unpaired) electrons. The summed E-state index contributed by atoms with van der Waals surface area (Å²) in [5, 5.41) is 5.34. The van der Waals surface area contributed by atoms with Crippen LogP contribution in [0.15, 0.2) is 18.2 Å². The second kappa shape index (κ2) is 6.71. The maximum Gasteiger partial charge on any atom is 0.339 e. The molecule has 0 fully saturated rings. The molecule has 0 spiro atoms. The zero-order valence-corrected chi connectivity index (χ0v) is 14.5. The minimum Gasteiger partial charge on any atom is -0.462 e. The van der Waals surface area contributed by atoms with E-state index >= 15 is 0 Å². The van der Waals surface area contributed by atoms with Crippen molar-refractivity contribution in [3.8, 4) is 5.69 Å². The van der Waals surface area contributed by atoms with Gasteiger partial charge in [0.1, 0.15) is 0 Å². The number of hydrogen-bond donors (Lipinski definition) is 0. The lowest BCUT2D eigenvalue weighted by molar-refractivity contribution is 0.0459. The van der Waals surface area contributed by atoms with Crippen LogP contribution in [0.1, 0.15) is 35.6 Å². The van der Waals surface area contributed by atoms with E-state index in [0.717, 1.165) is 11.4 Å². The van der Waals surface area contributed by atoms with Gasteiger partial charge in [0.15, 0.2) is 0 Å². The van der Waals surface area contributed by atoms with E-state index < -0.39 is 5.97 Å². The molecule has 0 saturated heterocycles. The van der Waals surface area contributed by atoms with Crippen LogP contribution in [0.4, 0.5) is 0 Å². The molecular weight excluding hydrogens is 323 g/mol. The molecule has 0 atom stereocenters. The molecule has 1 heterocycles. The number of rotatable bonds is 4. The number of esters is 1. The van der Waals surface area contributed by atoms with E-state index in [2.05, 4.69) is 5.10 Å². The Balaban J connectivity index is 2.38. The number of benzene rings is 1. The molecule has 118 valence electrons. The Labute approximate surface area is 140 Å². The van der Waals surface area contributed by atoms with Crippen LogP contribution in [0.3, 0.4) is 0 Å². The van der Waals surface area contributed by atoms with Gasteiger partial charge >= 0.3 is 5.97 Å². The Morgan fingerprint density at radius 3 is 2.55 bits per heavy atom. The molecule has 0 aliphatic rings. The predicted octanol–water partition coefficient (Wildman–Crippen LogP) is 4.61. The molecule has 0 N–H and O–H groups in total. The van der Waals surface area contributed by atoms with Gasteiger partial charge < -0.3 is 4.74 Å². The molecule has 0 unspecified atom stereocenters. The Bertz CT molecular complexity index is 708. The SMILES string of the molecule is Cc1nn(-c2ccc(Cl)c(C(=O)OCC(C)C)c2)c(C)c1Cl. The number of aryl methyl sites for hydroxylation is 1. The first-order valence-corrected chi connectivity index (χ1v) is 7.75. The standard InChI is InChI=1S/C16H18Cl2N2O2/c1-9(2)8-22-16(21)13-7-12(5-6-14(13)17)20-11(4)15(18)10(3)19-20/h5-7,9H,8H2,1-4H3. The Hall–Kier alpha value is -1.52. The van der Waals surface area contributed by atoms with Gasteiger partial charge in [-0.25, -0.2) is 9.48 Å². The minimum absolute atomic E-state index is 0.265. The van der Waals surface area contributed by atoms with Crippen molar-refractivity contribution in [3.05, 3.63) is 45.2 Å². The van der Waals surface area contributed by atoms with Crippen LogP contribution in [-0.4, -0.2) is 22.4 Å². The van der Waals surface area contributed by atoms with Crippen molar-refractivity contribution in [2.24, 2.45) is 5.92 Å². The van der Waals surface area contributed by atoms with Gasteiger partial charge in [-0.15, -0.1) is 0 Å². The molecule has 4 nitrogen and oxygen atoms in total. The van der Waals surface area contributed by atoms with Crippen LogP contribution >= 0.6 is 23.2 Å². The topological polar surface area (TPSA) is 44.1 Å². The van der Waals surface area contributed by atoms with Gasteiger partial charge in [0.25, 0.3) is 0 Å². The second-order valence-electron chi connectivity index (χ2n) is 5.55. The molecule has 0 saturated carbocycles. The minimum atomic E-state index is -0.437. The summed E-state index contributed by atoms with van der Waals surface area (Å²) in [6.07, 6.45) is 0. The van der Waals surface area contributed by atoms with Gasteiger partial charge in [-0.05, 0) is 38.0 Å². The monoisotopic (exact) mass is 340 g/mol. The summed E-state index contributed by atoms with van der Waals surface area (Å²) < 4.78 is 6.93. The number of carbonyl (C=O) groups excluding carboxylic acids is 1. The van der Waals surface area contributed by atoms with Crippen molar-refractivity contribution in [3.63, 3.8) is 0 Å². The number of carbonyl (C=O) groups is 1. The highest BCUT2D eigenvalue weighted by Crippen LogP contribution is 2.25. The van der Waals surface area contributed by atoms with Crippen molar-refractivity contribution in [1.82, 2.24) is 9.78 Å².